The molecule has 2 rings (SSSR count). The molecule has 1 aliphatic carbocycles. The Balaban J connectivity index is 2.05. The topological polar surface area (TPSA) is 38.5 Å². The maximum Gasteiger partial charge on any atom is 0.0713 e. The summed E-state index contributed by atoms with van der Waals surface area (Å²) >= 11 is 0. The predicted molar refractivity (Wildman–Crippen MR) is 78.9 cm³/mol. The highest BCUT2D eigenvalue weighted by molar-refractivity contribution is 5.25. The van der Waals surface area contributed by atoms with E-state index in [-0.39, 0.29) is 0 Å². The van der Waals surface area contributed by atoms with Crippen molar-refractivity contribution in [1.29, 1.82) is 0 Å². The van der Waals surface area contributed by atoms with Gasteiger partial charge in [0.1, 0.15) is 0 Å². The highest BCUT2D eigenvalue weighted by Gasteiger charge is 2.27. The highest BCUT2D eigenvalue weighted by atomic mass is 16.5. The smallest absolute Gasteiger partial charge is 0.0713 e. The van der Waals surface area contributed by atoms with Gasteiger partial charge in [-0.1, -0.05) is 31.2 Å². The molecule has 0 aliphatic heterocycles. The molecule has 0 heterocycles. The Bertz CT molecular complexity index is 373. The molecule has 1 aliphatic rings. The van der Waals surface area contributed by atoms with Crippen LogP contribution in [0.25, 0.3) is 0 Å². The van der Waals surface area contributed by atoms with Gasteiger partial charge in [0, 0.05) is 26.2 Å². The summed E-state index contributed by atoms with van der Waals surface area (Å²) in [4.78, 5) is 2.52. The van der Waals surface area contributed by atoms with Crippen molar-refractivity contribution in [2.24, 2.45) is 11.7 Å². The van der Waals surface area contributed by atoms with Gasteiger partial charge < -0.3 is 10.5 Å². The maximum absolute atomic E-state index is 6.01. The number of hydrogen-bond donors (Lipinski definition) is 1. The molecule has 0 radical (unpaired) electrons. The summed E-state index contributed by atoms with van der Waals surface area (Å²) in [6, 6.07) is 9.03. The Hall–Kier alpha value is -0.900. The molecular weight excluding hydrogens is 236 g/mol. The van der Waals surface area contributed by atoms with Gasteiger partial charge in [-0.2, -0.15) is 0 Å². The molecule has 1 aromatic carbocycles. The SMILES string of the molecule is CCN(CC1CC1)C(CN)c1ccc(COC)cc1. The van der Waals surface area contributed by atoms with Gasteiger partial charge in [-0.25, -0.2) is 0 Å². The third-order valence-electron chi connectivity index (χ3n) is 3.94. The van der Waals surface area contributed by atoms with Gasteiger partial charge in [-0.05, 0) is 36.4 Å². The zero-order valence-corrected chi connectivity index (χ0v) is 12.1. The summed E-state index contributed by atoms with van der Waals surface area (Å²) in [6.45, 7) is 5.85. The Morgan fingerprint density at radius 1 is 1.32 bits per heavy atom. The van der Waals surface area contributed by atoms with E-state index in [9.17, 15) is 0 Å². The summed E-state index contributed by atoms with van der Waals surface area (Å²) < 4.78 is 5.15. The van der Waals surface area contributed by atoms with Crippen molar-refractivity contribution >= 4 is 0 Å². The van der Waals surface area contributed by atoms with Gasteiger partial charge in [-0.3, -0.25) is 4.90 Å². The van der Waals surface area contributed by atoms with Crippen LogP contribution in [0.4, 0.5) is 0 Å². The van der Waals surface area contributed by atoms with Gasteiger partial charge in [-0.15, -0.1) is 0 Å². The first-order chi connectivity index (χ1) is 9.28. The molecule has 1 saturated carbocycles. The van der Waals surface area contributed by atoms with Crippen molar-refractivity contribution in [2.75, 3.05) is 26.7 Å². The molecular formula is C16H26N2O. The summed E-state index contributed by atoms with van der Waals surface area (Å²) in [6.07, 6.45) is 2.78. The summed E-state index contributed by atoms with van der Waals surface area (Å²) in [5.74, 6) is 0.904. The summed E-state index contributed by atoms with van der Waals surface area (Å²) in [7, 11) is 1.73. The number of likely N-dealkylation sites (N-methyl/N-ethyl adjacent to an activating group) is 1. The summed E-state index contributed by atoms with van der Waals surface area (Å²) in [5.41, 5.74) is 8.55. The monoisotopic (exact) mass is 262 g/mol. The predicted octanol–water partition coefficient (Wildman–Crippen LogP) is 2.56. The number of methoxy groups -OCH3 is 1. The van der Waals surface area contributed by atoms with Crippen LogP contribution in [0.15, 0.2) is 24.3 Å². The van der Waals surface area contributed by atoms with Crippen molar-refractivity contribution in [3.8, 4) is 0 Å². The van der Waals surface area contributed by atoms with Crippen LogP contribution in [0.5, 0.6) is 0 Å². The van der Waals surface area contributed by atoms with Crippen LogP contribution in [-0.2, 0) is 11.3 Å². The first-order valence-corrected chi connectivity index (χ1v) is 7.30. The molecule has 2 N–H and O–H groups in total. The van der Waals surface area contributed by atoms with Crippen LogP contribution in [0.3, 0.4) is 0 Å². The number of hydrogen-bond acceptors (Lipinski definition) is 3. The van der Waals surface area contributed by atoms with E-state index >= 15 is 0 Å². The van der Waals surface area contributed by atoms with Crippen LogP contribution < -0.4 is 5.73 Å². The van der Waals surface area contributed by atoms with Gasteiger partial charge >= 0.3 is 0 Å². The van der Waals surface area contributed by atoms with Gasteiger partial charge in [0.15, 0.2) is 0 Å². The normalized spacial score (nSPS) is 16.8. The lowest BCUT2D eigenvalue weighted by molar-refractivity contribution is 0.184. The Morgan fingerprint density at radius 3 is 2.47 bits per heavy atom. The van der Waals surface area contributed by atoms with E-state index in [0.717, 1.165) is 12.5 Å². The van der Waals surface area contributed by atoms with Crippen molar-refractivity contribution in [2.45, 2.75) is 32.4 Å². The van der Waals surface area contributed by atoms with Crippen LogP contribution in [0.1, 0.15) is 36.9 Å². The fourth-order valence-corrected chi connectivity index (χ4v) is 2.61. The van der Waals surface area contributed by atoms with Gasteiger partial charge in [0.2, 0.25) is 0 Å². The standard InChI is InChI=1S/C16H26N2O/c1-3-18(11-13-4-5-13)16(10-17)15-8-6-14(7-9-15)12-19-2/h6-9,13,16H,3-5,10-12,17H2,1-2H3. The molecule has 1 fully saturated rings. The molecule has 0 aromatic heterocycles. The maximum atomic E-state index is 6.01. The molecule has 1 aromatic rings. The second kappa shape index (κ2) is 7.04. The molecule has 0 bridgehead atoms. The van der Waals surface area contributed by atoms with Gasteiger partial charge in [0.05, 0.1) is 6.61 Å². The molecule has 3 heteroatoms. The first kappa shape index (κ1) is 14.5. The third-order valence-corrected chi connectivity index (χ3v) is 3.94. The number of ether oxygens (including phenoxy) is 1. The fraction of sp³-hybridized carbons (Fsp3) is 0.625. The second-order valence-corrected chi connectivity index (χ2v) is 5.46. The third kappa shape index (κ3) is 4.03. The van der Waals surface area contributed by atoms with Crippen LogP contribution in [0.2, 0.25) is 0 Å². The Labute approximate surface area is 116 Å². The molecule has 106 valence electrons. The van der Waals surface area contributed by atoms with E-state index in [1.54, 1.807) is 7.11 Å². The molecule has 0 spiro atoms. The second-order valence-electron chi connectivity index (χ2n) is 5.46. The molecule has 1 unspecified atom stereocenters. The van der Waals surface area contributed by atoms with Crippen molar-refractivity contribution in [1.82, 2.24) is 4.90 Å². The lowest BCUT2D eigenvalue weighted by atomic mass is 10.0. The minimum Gasteiger partial charge on any atom is -0.380 e. The average Bonchev–Trinajstić information content (AvgIpc) is 3.24. The van der Waals surface area contributed by atoms with Crippen molar-refractivity contribution < 1.29 is 4.74 Å². The van der Waals surface area contributed by atoms with E-state index in [2.05, 4.69) is 36.1 Å². The van der Waals surface area contributed by atoms with E-state index in [1.807, 2.05) is 0 Å². The van der Waals surface area contributed by atoms with Gasteiger partial charge in [0.25, 0.3) is 0 Å². The number of benzene rings is 1. The summed E-state index contributed by atoms with van der Waals surface area (Å²) in [5, 5.41) is 0. The van der Waals surface area contributed by atoms with E-state index in [4.69, 9.17) is 10.5 Å². The Morgan fingerprint density at radius 2 is 2.00 bits per heavy atom. The van der Waals surface area contributed by atoms with E-state index < -0.39 is 0 Å². The lowest BCUT2D eigenvalue weighted by Crippen LogP contribution is -2.35. The molecule has 19 heavy (non-hydrogen) atoms. The first-order valence-electron chi connectivity index (χ1n) is 7.30. The molecule has 0 saturated heterocycles. The fourth-order valence-electron chi connectivity index (χ4n) is 2.61. The molecule has 0 amide bonds. The quantitative estimate of drug-likeness (QED) is 0.782. The lowest BCUT2D eigenvalue weighted by Gasteiger charge is -2.30. The van der Waals surface area contributed by atoms with Crippen LogP contribution >= 0.6 is 0 Å². The number of rotatable bonds is 8. The van der Waals surface area contributed by atoms with Crippen LogP contribution in [-0.4, -0.2) is 31.6 Å². The van der Waals surface area contributed by atoms with E-state index in [0.29, 0.717) is 19.2 Å². The Kier molecular flexibility index (Phi) is 5.37. The average molecular weight is 262 g/mol. The minimum absolute atomic E-state index is 0.349. The largest absolute Gasteiger partial charge is 0.380 e. The van der Waals surface area contributed by atoms with E-state index in [1.165, 1.54) is 30.5 Å². The zero-order valence-electron chi connectivity index (χ0n) is 12.1. The highest BCUT2D eigenvalue weighted by Crippen LogP contribution is 2.32. The molecule has 3 nitrogen and oxygen atoms in total. The number of nitrogens with two attached hydrogens (primary N) is 1. The zero-order chi connectivity index (χ0) is 13.7. The minimum atomic E-state index is 0.349. The molecule has 1 atom stereocenters. The number of nitrogens with zero attached hydrogens (tertiary/aromatic N) is 1. The van der Waals surface area contributed by atoms with Crippen LogP contribution in [0, 0.1) is 5.92 Å². The van der Waals surface area contributed by atoms with Crippen molar-refractivity contribution in [3.63, 3.8) is 0 Å². The van der Waals surface area contributed by atoms with Crippen molar-refractivity contribution in [3.05, 3.63) is 35.4 Å².